The van der Waals surface area contributed by atoms with Crippen molar-refractivity contribution >= 4 is 17.7 Å². The highest BCUT2D eigenvalue weighted by Crippen LogP contribution is 2.32. The van der Waals surface area contributed by atoms with E-state index < -0.39 is 5.97 Å². The molecule has 0 aromatic heterocycles. The Morgan fingerprint density at radius 2 is 2.00 bits per heavy atom. The first-order valence-electron chi connectivity index (χ1n) is 9.06. The van der Waals surface area contributed by atoms with Crippen LogP contribution in [0.1, 0.15) is 34.7 Å². The Balaban J connectivity index is 1.55. The van der Waals surface area contributed by atoms with Crippen molar-refractivity contribution in [2.45, 2.75) is 25.3 Å². The number of nitrogens with one attached hydrogen (secondary N) is 1. The summed E-state index contributed by atoms with van der Waals surface area (Å²) in [6.45, 7) is 0.950. The van der Waals surface area contributed by atoms with Gasteiger partial charge < -0.3 is 15.3 Å². The van der Waals surface area contributed by atoms with Crippen LogP contribution in [0.5, 0.6) is 0 Å². The van der Waals surface area contributed by atoms with Gasteiger partial charge in [0.05, 0.1) is 0 Å². The van der Waals surface area contributed by atoms with Crippen LogP contribution in [0, 0.1) is 0 Å². The topological polar surface area (TPSA) is 52.6 Å². The molecule has 0 amide bonds. The molecule has 2 aromatic rings. The van der Waals surface area contributed by atoms with E-state index in [-0.39, 0.29) is 0 Å². The standard InChI is InChI=1S/C22H26N2O2/c1-24(2)19-8-3-16(4-9-19)13-14-23-21-11-7-18-15-17(5-10-20(18)21)6-12-22(25)26/h3-6,8-10,12,15,21,23H,7,11,13-14H2,1-2H3,(H,25,26)/b12-6+. The second-order valence-electron chi connectivity index (χ2n) is 6.99. The van der Waals surface area contributed by atoms with Crippen LogP contribution in [-0.4, -0.2) is 31.7 Å². The van der Waals surface area contributed by atoms with Gasteiger partial charge in [-0.15, -0.1) is 0 Å². The van der Waals surface area contributed by atoms with E-state index in [9.17, 15) is 4.79 Å². The number of aliphatic carboxylic acids is 1. The molecule has 1 atom stereocenters. The molecule has 0 radical (unpaired) electrons. The Bertz CT molecular complexity index is 794. The van der Waals surface area contributed by atoms with Crippen LogP contribution in [0.3, 0.4) is 0 Å². The number of anilines is 1. The first-order chi connectivity index (χ1) is 12.5. The fourth-order valence-corrected chi connectivity index (χ4v) is 3.47. The third-order valence-electron chi connectivity index (χ3n) is 4.92. The van der Waals surface area contributed by atoms with Gasteiger partial charge in [0.2, 0.25) is 0 Å². The number of nitrogens with zero attached hydrogens (tertiary/aromatic N) is 1. The second kappa shape index (κ2) is 8.19. The normalized spacial score (nSPS) is 16.0. The lowest BCUT2D eigenvalue weighted by atomic mass is 10.0. The molecule has 0 spiro atoms. The highest BCUT2D eigenvalue weighted by Gasteiger charge is 2.21. The summed E-state index contributed by atoms with van der Waals surface area (Å²) in [6, 6.07) is 15.3. The molecular weight excluding hydrogens is 324 g/mol. The number of benzene rings is 2. The van der Waals surface area contributed by atoms with Gasteiger partial charge in [0, 0.05) is 31.9 Å². The maximum Gasteiger partial charge on any atom is 0.328 e. The van der Waals surface area contributed by atoms with E-state index >= 15 is 0 Å². The van der Waals surface area contributed by atoms with E-state index in [1.54, 1.807) is 6.08 Å². The average molecular weight is 350 g/mol. The van der Waals surface area contributed by atoms with Gasteiger partial charge in [0.1, 0.15) is 0 Å². The second-order valence-corrected chi connectivity index (χ2v) is 6.99. The molecular formula is C22H26N2O2. The number of rotatable bonds is 7. The Hall–Kier alpha value is -2.59. The van der Waals surface area contributed by atoms with Crippen LogP contribution < -0.4 is 10.2 Å². The zero-order chi connectivity index (χ0) is 18.5. The number of carbonyl (C=O) groups is 1. The van der Waals surface area contributed by atoms with Crippen molar-refractivity contribution in [2.24, 2.45) is 0 Å². The zero-order valence-corrected chi connectivity index (χ0v) is 15.4. The maximum absolute atomic E-state index is 10.6. The van der Waals surface area contributed by atoms with Gasteiger partial charge in [-0.3, -0.25) is 0 Å². The van der Waals surface area contributed by atoms with Crippen molar-refractivity contribution in [3.05, 3.63) is 70.8 Å². The van der Waals surface area contributed by atoms with Crippen LogP contribution in [0.2, 0.25) is 0 Å². The Morgan fingerprint density at radius 1 is 1.23 bits per heavy atom. The third kappa shape index (κ3) is 4.52. The summed E-state index contributed by atoms with van der Waals surface area (Å²) in [5.74, 6) is -0.913. The van der Waals surface area contributed by atoms with Crippen LogP contribution in [0.15, 0.2) is 48.5 Å². The molecule has 0 saturated heterocycles. The van der Waals surface area contributed by atoms with Crippen molar-refractivity contribution < 1.29 is 9.90 Å². The molecule has 2 N–H and O–H groups in total. The van der Waals surface area contributed by atoms with Gasteiger partial charge in [-0.05, 0) is 66.3 Å². The summed E-state index contributed by atoms with van der Waals surface area (Å²) in [6.07, 6.45) is 5.99. The first-order valence-corrected chi connectivity index (χ1v) is 9.06. The molecule has 26 heavy (non-hydrogen) atoms. The molecule has 0 fully saturated rings. The van der Waals surface area contributed by atoms with Crippen LogP contribution in [0.25, 0.3) is 6.08 Å². The van der Waals surface area contributed by atoms with E-state index in [1.807, 2.05) is 6.07 Å². The summed E-state index contributed by atoms with van der Waals surface area (Å²) < 4.78 is 0. The summed E-state index contributed by atoms with van der Waals surface area (Å²) in [7, 11) is 4.11. The van der Waals surface area contributed by atoms with E-state index in [0.717, 1.165) is 31.4 Å². The number of carboxylic acids is 1. The van der Waals surface area contributed by atoms with Gasteiger partial charge in [0.25, 0.3) is 0 Å². The molecule has 1 unspecified atom stereocenters. The largest absolute Gasteiger partial charge is 0.478 e. The smallest absolute Gasteiger partial charge is 0.328 e. The molecule has 1 aliphatic rings. The Morgan fingerprint density at radius 3 is 2.69 bits per heavy atom. The van der Waals surface area contributed by atoms with Gasteiger partial charge in [-0.1, -0.05) is 30.3 Å². The van der Waals surface area contributed by atoms with E-state index in [2.05, 4.69) is 60.7 Å². The molecule has 4 nitrogen and oxygen atoms in total. The number of hydrogen-bond donors (Lipinski definition) is 2. The zero-order valence-electron chi connectivity index (χ0n) is 15.4. The monoisotopic (exact) mass is 350 g/mol. The number of hydrogen-bond acceptors (Lipinski definition) is 3. The molecule has 0 bridgehead atoms. The highest BCUT2D eigenvalue weighted by molar-refractivity contribution is 5.85. The SMILES string of the molecule is CN(C)c1ccc(CCNC2CCc3cc(/C=C/C(=O)O)ccc32)cc1. The quantitative estimate of drug-likeness (QED) is 0.748. The van der Waals surface area contributed by atoms with Gasteiger partial charge in [0.15, 0.2) is 0 Å². The first kappa shape index (κ1) is 18.2. The van der Waals surface area contributed by atoms with Crippen molar-refractivity contribution in [3.63, 3.8) is 0 Å². The Kier molecular flexibility index (Phi) is 5.74. The van der Waals surface area contributed by atoms with Crippen LogP contribution in [0.4, 0.5) is 5.69 Å². The number of carboxylic acid groups (broad SMARTS) is 1. The lowest BCUT2D eigenvalue weighted by molar-refractivity contribution is -0.131. The summed E-state index contributed by atoms with van der Waals surface area (Å²) in [4.78, 5) is 12.8. The molecule has 0 heterocycles. The minimum absolute atomic E-state index is 0.392. The highest BCUT2D eigenvalue weighted by atomic mass is 16.4. The average Bonchev–Trinajstić information content (AvgIpc) is 3.03. The maximum atomic E-state index is 10.6. The van der Waals surface area contributed by atoms with Gasteiger partial charge in [-0.2, -0.15) is 0 Å². The third-order valence-corrected chi connectivity index (χ3v) is 4.92. The fraction of sp³-hybridized carbons (Fsp3) is 0.318. The lowest BCUT2D eigenvalue weighted by Gasteiger charge is -2.15. The lowest BCUT2D eigenvalue weighted by Crippen LogP contribution is -2.21. The Labute approximate surface area is 155 Å². The molecule has 4 heteroatoms. The number of fused-ring (bicyclic) bond motifs is 1. The molecule has 1 aliphatic carbocycles. The summed E-state index contributed by atoms with van der Waals surface area (Å²) in [5, 5.41) is 12.4. The van der Waals surface area contributed by atoms with Crippen LogP contribution >= 0.6 is 0 Å². The van der Waals surface area contributed by atoms with E-state index in [1.165, 1.54) is 28.5 Å². The molecule has 136 valence electrons. The van der Waals surface area contributed by atoms with E-state index in [4.69, 9.17) is 5.11 Å². The minimum Gasteiger partial charge on any atom is -0.478 e. The van der Waals surface area contributed by atoms with Crippen molar-refractivity contribution in [3.8, 4) is 0 Å². The summed E-state index contributed by atoms with van der Waals surface area (Å²) in [5.41, 5.74) is 6.19. The molecule has 3 rings (SSSR count). The summed E-state index contributed by atoms with van der Waals surface area (Å²) >= 11 is 0. The van der Waals surface area contributed by atoms with Crippen LogP contribution in [-0.2, 0) is 17.6 Å². The fourth-order valence-electron chi connectivity index (χ4n) is 3.47. The number of aryl methyl sites for hydroxylation is 1. The van der Waals surface area contributed by atoms with Crippen molar-refractivity contribution in [1.29, 1.82) is 0 Å². The van der Waals surface area contributed by atoms with Crippen molar-refractivity contribution in [1.82, 2.24) is 5.32 Å². The molecule has 2 aromatic carbocycles. The van der Waals surface area contributed by atoms with E-state index in [0.29, 0.717) is 6.04 Å². The van der Waals surface area contributed by atoms with Crippen molar-refractivity contribution in [2.75, 3.05) is 25.5 Å². The predicted octanol–water partition coefficient (Wildman–Crippen LogP) is 3.67. The van der Waals surface area contributed by atoms with Gasteiger partial charge >= 0.3 is 5.97 Å². The molecule has 0 aliphatic heterocycles. The predicted molar refractivity (Wildman–Crippen MR) is 107 cm³/mol. The minimum atomic E-state index is -0.913. The van der Waals surface area contributed by atoms with Gasteiger partial charge in [-0.25, -0.2) is 4.79 Å². The molecule has 0 saturated carbocycles.